The Morgan fingerprint density at radius 3 is 2.50 bits per heavy atom. The van der Waals surface area contributed by atoms with Crippen molar-refractivity contribution in [3.05, 3.63) is 71.4 Å². The van der Waals surface area contributed by atoms with Crippen LogP contribution in [0.15, 0.2) is 65.2 Å². The summed E-state index contributed by atoms with van der Waals surface area (Å²) >= 11 is 5.82. The average Bonchev–Trinajstić information content (AvgIpc) is 2.97. The van der Waals surface area contributed by atoms with Crippen molar-refractivity contribution in [1.29, 1.82) is 0 Å². The Morgan fingerprint density at radius 1 is 1.00 bits per heavy atom. The Hall–Kier alpha value is -2.26. The van der Waals surface area contributed by atoms with Gasteiger partial charge in [-0.25, -0.2) is 0 Å². The normalized spacial score (nSPS) is 10.4. The van der Waals surface area contributed by atoms with Crippen LogP contribution in [0.4, 0.5) is 0 Å². The highest BCUT2D eigenvalue weighted by atomic mass is 35.5. The molecule has 0 saturated heterocycles. The number of aromatic nitrogens is 1. The molecule has 20 heavy (non-hydrogen) atoms. The molecule has 1 heterocycles. The predicted molar refractivity (Wildman–Crippen MR) is 77.7 cm³/mol. The molecule has 3 rings (SSSR count). The van der Waals surface area contributed by atoms with Gasteiger partial charge in [-0.15, -0.1) is 0 Å². The Balaban J connectivity index is 1.67. The highest BCUT2D eigenvalue weighted by Gasteiger charge is 2.06. The molecule has 0 aliphatic carbocycles. The molecule has 0 N–H and O–H groups in total. The van der Waals surface area contributed by atoms with Crippen LogP contribution in [0, 0.1) is 0 Å². The van der Waals surface area contributed by atoms with E-state index >= 15 is 0 Å². The smallest absolute Gasteiger partial charge is 0.167 e. The maximum atomic E-state index is 5.82. The lowest BCUT2D eigenvalue weighted by Crippen LogP contribution is -1.94. The van der Waals surface area contributed by atoms with Crippen molar-refractivity contribution in [1.82, 2.24) is 5.16 Å². The van der Waals surface area contributed by atoms with Gasteiger partial charge < -0.3 is 9.26 Å². The summed E-state index contributed by atoms with van der Waals surface area (Å²) in [5, 5.41) is 4.68. The standard InChI is InChI=1S/C16H12ClNO2/c17-13-6-8-15(9-7-13)19-11-14-10-16(20-18-14)12-4-2-1-3-5-12/h1-10H,11H2. The molecule has 1 aromatic heterocycles. The monoisotopic (exact) mass is 285 g/mol. The number of halogens is 1. The summed E-state index contributed by atoms with van der Waals surface area (Å²) in [6.45, 7) is 0.359. The number of hydrogen-bond donors (Lipinski definition) is 0. The Labute approximate surface area is 121 Å². The van der Waals surface area contributed by atoms with E-state index in [0.29, 0.717) is 11.6 Å². The first-order valence-corrected chi connectivity index (χ1v) is 6.58. The van der Waals surface area contributed by atoms with Gasteiger partial charge in [-0.2, -0.15) is 0 Å². The van der Waals surface area contributed by atoms with Gasteiger partial charge in [-0.1, -0.05) is 47.1 Å². The largest absolute Gasteiger partial charge is 0.487 e. The summed E-state index contributed by atoms with van der Waals surface area (Å²) in [5.74, 6) is 1.49. The Kier molecular flexibility index (Phi) is 3.70. The third-order valence-electron chi connectivity index (χ3n) is 2.82. The summed E-state index contributed by atoms with van der Waals surface area (Å²) in [4.78, 5) is 0. The molecule has 0 atom stereocenters. The van der Waals surface area contributed by atoms with Crippen molar-refractivity contribution in [3.8, 4) is 17.1 Å². The van der Waals surface area contributed by atoms with Crippen LogP contribution < -0.4 is 4.74 Å². The summed E-state index contributed by atoms with van der Waals surface area (Å²) in [6.07, 6.45) is 0. The third-order valence-corrected chi connectivity index (χ3v) is 3.07. The van der Waals surface area contributed by atoms with Gasteiger partial charge in [0.2, 0.25) is 0 Å². The second-order valence-corrected chi connectivity index (χ2v) is 4.73. The molecule has 100 valence electrons. The summed E-state index contributed by atoms with van der Waals surface area (Å²) in [7, 11) is 0. The summed E-state index contributed by atoms with van der Waals surface area (Å²) in [6, 6.07) is 18.9. The van der Waals surface area contributed by atoms with E-state index < -0.39 is 0 Å². The Bertz CT molecular complexity index is 677. The zero-order chi connectivity index (χ0) is 13.8. The molecule has 0 spiro atoms. The fraction of sp³-hybridized carbons (Fsp3) is 0.0625. The lowest BCUT2D eigenvalue weighted by Gasteiger charge is -2.02. The molecule has 3 aromatic rings. The van der Waals surface area contributed by atoms with Crippen LogP contribution >= 0.6 is 11.6 Å². The first kappa shape index (κ1) is 12.8. The van der Waals surface area contributed by atoms with E-state index in [0.717, 1.165) is 22.8 Å². The fourth-order valence-electron chi connectivity index (χ4n) is 1.81. The summed E-state index contributed by atoms with van der Waals surface area (Å²) in [5.41, 5.74) is 1.75. The topological polar surface area (TPSA) is 35.3 Å². The molecular formula is C16H12ClNO2. The zero-order valence-electron chi connectivity index (χ0n) is 10.6. The Morgan fingerprint density at radius 2 is 1.75 bits per heavy atom. The van der Waals surface area contributed by atoms with Crippen LogP contribution in [-0.2, 0) is 6.61 Å². The molecule has 2 aromatic carbocycles. The lowest BCUT2D eigenvalue weighted by atomic mass is 10.2. The average molecular weight is 286 g/mol. The second-order valence-electron chi connectivity index (χ2n) is 4.29. The van der Waals surface area contributed by atoms with Crippen molar-refractivity contribution in [3.63, 3.8) is 0 Å². The van der Waals surface area contributed by atoms with Gasteiger partial charge in [-0.3, -0.25) is 0 Å². The van der Waals surface area contributed by atoms with Crippen LogP contribution in [-0.4, -0.2) is 5.16 Å². The van der Waals surface area contributed by atoms with E-state index in [4.69, 9.17) is 20.9 Å². The van der Waals surface area contributed by atoms with Gasteiger partial charge in [0.1, 0.15) is 18.1 Å². The van der Waals surface area contributed by atoms with Gasteiger partial charge >= 0.3 is 0 Å². The molecule has 0 saturated carbocycles. The molecule has 4 heteroatoms. The number of benzene rings is 2. The highest BCUT2D eigenvalue weighted by molar-refractivity contribution is 6.30. The van der Waals surface area contributed by atoms with Crippen molar-refractivity contribution in [2.45, 2.75) is 6.61 Å². The fourth-order valence-corrected chi connectivity index (χ4v) is 1.93. The highest BCUT2D eigenvalue weighted by Crippen LogP contribution is 2.21. The van der Waals surface area contributed by atoms with E-state index in [2.05, 4.69) is 5.16 Å². The van der Waals surface area contributed by atoms with Gasteiger partial charge in [-0.05, 0) is 24.3 Å². The quantitative estimate of drug-likeness (QED) is 0.704. The van der Waals surface area contributed by atoms with Crippen LogP contribution in [0.1, 0.15) is 5.69 Å². The zero-order valence-corrected chi connectivity index (χ0v) is 11.4. The van der Waals surface area contributed by atoms with E-state index in [1.54, 1.807) is 12.1 Å². The molecule has 0 bridgehead atoms. The minimum atomic E-state index is 0.359. The molecule has 0 aliphatic heterocycles. The first-order chi connectivity index (χ1) is 9.81. The molecule has 0 radical (unpaired) electrons. The third kappa shape index (κ3) is 3.00. The molecule has 3 nitrogen and oxygen atoms in total. The maximum absolute atomic E-state index is 5.82. The van der Waals surface area contributed by atoms with Crippen LogP contribution in [0.5, 0.6) is 5.75 Å². The molecular weight excluding hydrogens is 274 g/mol. The number of ether oxygens (including phenoxy) is 1. The van der Waals surface area contributed by atoms with Crippen molar-refractivity contribution >= 4 is 11.6 Å². The van der Waals surface area contributed by atoms with E-state index in [-0.39, 0.29) is 0 Å². The summed E-state index contributed by atoms with van der Waals surface area (Å²) < 4.78 is 10.9. The second kappa shape index (κ2) is 5.80. The van der Waals surface area contributed by atoms with Gasteiger partial charge in [0.15, 0.2) is 5.76 Å². The van der Waals surface area contributed by atoms with Crippen molar-refractivity contribution in [2.75, 3.05) is 0 Å². The number of hydrogen-bond acceptors (Lipinski definition) is 3. The lowest BCUT2D eigenvalue weighted by molar-refractivity contribution is 0.290. The van der Waals surface area contributed by atoms with Gasteiger partial charge in [0.05, 0.1) is 0 Å². The molecule has 0 aliphatic rings. The SMILES string of the molecule is Clc1ccc(OCc2cc(-c3ccccc3)on2)cc1. The van der Waals surface area contributed by atoms with Crippen molar-refractivity contribution in [2.24, 2.45) is 0 Å². The molecule has 0 unspecified atom stereocenters. The van der Waals surface area contributed by atoms with Gasteiger partial charge in [0, 0.05) is 16.7 Å². The van der Waals surface area contributed by atoms with Crippen molar-refractivity contribution < 1.29 is 9.26 Å². The predicted octanol–water partition coefficient (Wildman–Crippen LogP) is 4.57. The van der Waals surface area contributed by atoms with E-state index in [1.807, 2.05) is 48.5 Å². The maximum Gasteiger partial charge on any atom is 0.167 e. The minimum Gasteiger partial charge on any atom is -0.487 e. The van der Waals surface area contributed by atoms with E-state index in [1.165, 1.54) is 0 Å². The first-order valence-electron chi connectivity index (χ1n) is 6.21. The number of rotatable bonds is 4. The van der Waals surface area contributed by atoms with Crippen LogP contribution in [0.3, 0.4) is 0 Å². The number of nitrogens with zero attached hydrogens (tertiary/aromatic N) is 1. The molecule has 0 amide bonds. The molecule has 0 fully saturated rings. The van der Waals surface area contributed by atoms with Crippen LogP contribution in [0.25, 0.3) is 11.3 Å². The van der Waals surface area contributed by atoms with Crippen LogP contribution in [0.2, 0.25) is 5.02 Å². The van der Waals surface area contributed by atoms with Gasteiger partial charge in [0.25, 0.3) is 0 Å². The minimum absolute atomic E-state index is 0.359. The van der Waals surface area contributed by atoms with E-state index in [9.17, 15) is 0 Å².